The molecular weight excluding hydrogens is 258 g/mol. The Balaban J connectivity index is 1.94. The maximum Gasteiger partial charge on any atom is 0.0460 e. The van der Waals surface area contributed by atoms with Gasteiger partial charge in [0.15, 0.2) is 0 Å². The minimum absolute atomic E-state index is 0.873. The molecule has 0 aromatic carbocycles. The van der Waals surface area contributed by atoms with Crippen molar-refractivity contribution < 1.29 is 0 Å². The van der Waals surface area contributed by atoms with Crippen molar-refractivity contribution in [1.82, 2.24) is 15.3 Å². The van der Waals surface area contributed by atoms with Crippen molar-refractivity contribution in [1.29, 1.82) is 0 Å². The zero-order valence-corrected chi connectivity index (χ0v) is 13.5. The summed E-state index contributed by atoms with van der Waals surface area (Å²) in [5.41, 5.74) is 3.56. The third-order valence-electron chi connectivity index (χ3n) is 4.24. The largest absolute Gasteiger partial charge is 0.361 e. The molecule has 1 aliphatic carbocycles. The molecule has 0 radical (unpaired) electrons. The van der Waals surface area contributed by atoms with E-state index in [2.05, 4.69) is 41.3 Å². The number of hydrogen-bond acceptors (Lipinski definition) is 2. The number of aromatic amines is 1. The fourth-order valence-corrected chi connectivity index (χ4v) is 2.92. The Morgan fingerprint density at radius 2 is 2.00 bits per heavy atom. The van der Waals surface area contributed by atoms with Crippen molar-refractivity contribution in [3.63, 3.8) is 0 Å². The quantitative estimate of drug-likeness (QED) is 0.857. The summed E-state index contributed by atoms with van der Waals surface area (Å²) >= 11 is 0. The summed E-state index contributed by atoms with van der Waals surface area (Å²) in [5.74, 6) is 0.873. The molecule has 0 amide bonds. The molecule has 1 fully saturated rings. The van der Waals surface area contributed by atoms with E-state index in [1.807, 2.05) is 12.4 Å². The van der Waals surface area contributed by atoms with Crippen LogP contribution in [0.1, 0.15) is 56.0 Å². The molecule has 2 rings (SSSR count). The van der Waals surface area contributed by atoms with Crippen molar-refractivity contribution in [3.8, 4) is 0 Å². The van der Waals surface area contributed by atoms with Gasteiger partial charge in [0.1, 0.15) is 0 Å². The van der Waals surface area contributed by atoms with Crippen LogP contribution in [0, 0.1) is 12.8 Å². The van der Waals surface area contributed by atoms with E-state index in [4.69, 9.17) is 0 Å². The Labute approximate surface area is 128 Å². The van der Waals surface area contributed by atoms with E-state index in [1.165, 1.54) is 43.4 Å². The number of aromatic nitrogens is 2. The van der Waals surface area contributed by atoms with Gasteiger partial charge in [-0.25, -0.2) is 0 Å². The molecule has 21 heavy (non-hydrogen) atoms. The molecule has 1 aromatic rings. The average Bonchev–Trinajstić information content (AvgIpc) is 2.59. The van der Waals surface area contributed by atoms with Gasteiger partial charge in [-0.2, -0.15) is 0 Å². The van der Waals surface area contributed by atoms with Crippen LogP contribution in [0.25, 0.3) is 0 Å². The van der Waals surface area contributed by atoms with E-state index in [0.29, 0.717) is 0 Å². The molecule has 3 heteroatoms. The lowest BCUT2D eigenvalue weighted by atomic mass is 9.89. The minimum Gasteiger partial charge on any atom is -0.361 e. The van der Waals surface area contributed by atoms with Crippen molar-refractivity contribution in [2.24, 2.45) is 5.92 Å². The highest BCUT2D eigenvalue weighted by Gasteiger charge is 2.12. The van der Waals surface area contributed by atoms with Gasteiger partial charge in [-0.3, -0.25) is 4.98 Å². The first-order valence-electron chi connectivity index (χ1n) is 8.35. The summed E-state index contributed by atoms with van der Waals surface area (Å²) in [7, 11) is 0. The van der Waals surface area contributed by atoms with Gasteiger partial charge in [-0.05, 0) is 50.3 Å². The molecule has 2 N–H and O–H groups in total. The lowest BCUT2D eigenvalue weighted by molar-refractivity contribution is 0.342. The fourth-order valence-electron chi connectivity index (χ4n) is 2.92. The Morgan fingerprint density at radius 3 is 2.76 bits per heavy atom. The summed E-state index contributed by atoms with van der Waals surface area (Å²) in [6, 6.07) is 4.30. The standard InChI is InChI=1S/C18H29N3/c1-3-18-14-20-13-17(10-9-15(2)21-18)12-19-11-16-7-5-4-6-8-16/h9-10,13-14,16,19,21H,3-8,11-12H2,1-2H3. The van der Waals surface area contributed by atoms with Crippen LogP contribution < -0.4 is 5.32 Å². The third-order valence-corrected chi connectivity index (χ3v) is 4.24. The first-order valence-corrected chi connectivity index (χ1v) is 8.35. The minimum atomic E-state index is 0.873. The lowest BCUT2D eigenvalue weighted by Gasteiger charge is -2.21. The number of hydrogen-bond donors (Lipinski definition) is 2. The molecule has 0 bridgehead atoms. The van der Waals surface area contributed by atoms with Gasteiger partial charge in [0, 0.05) is 30.3 Å². The number of nitrogens with zero attached hydrogens (tertiary/aromatic N) is 1. The summed E-state index contributed by atoms with van der Waals surface area (Å²) in [6.45, 7) is 6.28. The van der Waals surface area contributed by atoms with Gasteiger partial charge in [-0.1, -0.05) is 32.3 Å². The second-order valence-electron chi connectivity index (χ2n) is 6.14. The van der Waals surface area contributed by atoms with E-state index in [-0.39, 0.29) is 0 Å². The molecule has 0 unspecified atom stereocenters. The first-order chi connectivity index (χ1) is 10.3. The predicted molar refractivity (Wildman–Crippen MR) is 88.6 cm³/mol. The Bertz CT molecular complexity index is 471. The molecule has 1 saturated carbocycles. The summed E-state index contributed by atoms with van der Waals surface area (Å²) in [6.07, 6.45) is 11.9. The average molecular weight is 287 g/mol. The van der Waals surface area contributed by atoms with Crippen LogP contribution >= 0.6 is 0 Å². The Hall–Kier alpha value is -1.35. The van der Waals surface area contributed by atoms with Crippen LogP contribution in [-0.2, 0) is 13.0 Å². The number of aryl methyl sites for hydroxylation is 2. The van der Waals surface area contributed by atoms with Crippen molar-refractivity contribution in [2.75, 3.05) is 6.54 Å². The van der Waals surface area contributed by atoms with Gasteiger partial charge < -0.3 is 10.3 Å². The highest BCUT2D eigenvalue weighted by Crippen LogP contribution is 2.22. The zero-order valence-electron chi connectivity index (χ0n) is 13.5. The molecule has 0 spiro atoms. The lowest BCUT2D eigenvalue weighted by Crippen LogP contribution is -2.24. The van der Waals surface area contributed by atoms with Gasteiger partial charge in [0.05, 0.1) is 0 Å². The molecule has 1 aromatic heterocycles. The third kappa shape index (κ3) is 5.88. The van der Waals surface area contributed by atoms with Crippen LogP contribution in [-0.4, -0.2) is 16.5 Å². The van der Waals surface area contributed by atoms with Crippen molar-refractivity contribution in [2.45, 2.75) is 58.9 Å². The summed E-state index contributed by atoms with van der Waals surface area (Å²) < 4.78 is 0. The molecule has 1 aliphatic rings. The predicted octanol–water partition coefficient (Wildman–Crippen LogP) is 4.07. The highest BCUT2D eigenvalue weighted by atomic mass is 14.9. The van der Waals surface area contributed by atoms with Gasteiger partial charge >= 0.3 is 0 Å². The number of nitrogens with one attached hydrogen (secondary N) is 2. The van der Waals surface area contributed by atoms with Gasteiger partial charge in [-0.15, -0.1) is 0 Å². The van der Waals surface area contributed by atoms with E-state index in [9.17, 15) is 0 Å². The maximum atomic E-state index is 4.43. The highest BCUT2D eigenvalue weighted by molar-refractivity contribution is 5.11. The second-order valence-corrected chi connectivity index (χ2v) is 6.14. The number of rotatable bonds is 5. The van der Waals surface area contributed by atoms with Crippen LogP contribution in [0.15, 0.2) is 24.5 Å². The normalized spacial score (nSPS) is 15.7. The Kier molecular flexibility index (Phi) is 6.74. The van der Waals surface area contributed by atoms with E-state index in [0.717, 1.165) is 31.1 Å². The van der Waals surface area contributed by atoms with Gasteiger partial charge in [0.2, 0.25) is 0 Å². The smallest absolute Gasteiger partial charge is 0.0460 e. The zero-order chi connectivity index (χ0) is 14.9. The topological polar surface area (TPSA) is 40.7 Å². The molecule has 116 valence electrons. The van der Waals surface area contributed by atoms with E-state index < -0.39 is 0 Å². The van der Waals surface area contributed by atoms with Crippen LogP contribution in [0.4, 0.5) is 0 Å². The fraction of sp³-hybridized carbons (Fsp3) is 0.611. The Morgan fingerprint density at radius 1 is 1.19 bits per heavy atom. The summed E-state index contributed by atoms with van der Waals surface area (Å²) in [4.78, 5) is 7.81. The number of H-pyrrole nitrogens is 1. The van der Waals surface area contributed by atoms with Crippen molar-refractivity contribution in [3.05, 3.63) is 41.5 Å². The van der Waals surface area contributed by atoms with E-state index >= 15 is 0 Å². The van der Waals surface area contributed by atoms with Gasteiger partial charge in [0.25, 0.3) is 0 Å². The second kappa shape index (κ2) is 8.83. The van der Waals surface area contributed by atoms with Crippen molar-refractivity contribution >= 4 is 0 Å². The van der Waals surface area contributed by atoms with Crippen LogP contribution in [0.3, 0.4) is 0 Å². The molecule has 0 atom stereocenters. The van der Waals surface area contributed by atoms with E-state index in [1.54, 1.807) is 0 Å². The molecular formula is C18H29N3. The molecule has 1 heterocycles. The maximum absolute atomic E-state index is 4.43. The molecule has 3 nitrogen and oxygen atoms in total. The first kappa shape index (κ1) is 16.0. The molecule has 0 aliphatic heterocycles. The monoisotopic (exact) mass is 287 g/mol. The SMILES string of the molecule is CCc1cncc(CNCC2CCCCC2)ccc(C)[nH]1. The van der Waals surface area contributed by atoms with Crippen LogP contribution in [0.2, 0.25) is 0 Å². The molecule has 0 saturated heterocycles. The van der Waals surface area contributed by atoms with Crippen LogP contribution in [0.5, 0.6) is 0 Å². The summed E-state index contributed by atoms with van der Waals surface area (Å²) in [5, 5.41) is 3.60.